The summed E-state index contributed by atoms with van der Waals surface area (Å²) in [5.74, 6) is 0.375. The second-order valence-electron chi connectivity index (χ2n) is 6.09. The van der Waals surface area contributed by atoms with Gasteiger partial charge in [0.25, 0.3) is 10.0 Å². The van der Waals surface area contributed by atoms with Gasteiger partial charge in [-0.3, -0.25) is 9.08 Å². The van der Waals surface area contributed by atoms with Crippen molar-refractivity contribution >= 4 is 21.6 Å². The van der Waals surface area contributed by atoms with Gasteiger partial charge in [0.1, 0.15) is 4.90 Å². The van der Waals surface area contributed by atoms with E-state index in [0.717, 1.165) is 25.7 Å². The van der Waals surface area contributed by atoms with Crippen LogP contribution in [0.1, 0.15) is 37.3 Å². The lowest BCUT2D eigenvalue weighted by atomic mass is 10.1. The van der Waals surface area contributed by atoms with Crippen LogP contribution in [0, 0.1) is 0 Å². The molecule has 4 rings (SSSR count). The Morgan fingerprint density at radius 1 is 1.21 bits per heavy atom. The van der Waals surface area contributed by atoms with E-state index in [4.69, 9.17) is 0 Å². The standard InChI is InChI=1S/C15H18N6O2S/c1-20-10-12(14(18-20)11-6-2-3-7-11)24(22,23)19-15-17-16-13-8-4-5-9-21(13)15/h4-5,8-11H,2-3,6-7H2,1H3,(H,17,19). The van der Waals surface area contributed by atoms with Gasteiger partial charge < -0.3 is 0 Å². The van der Waals surface area contributed by atoms with Crippen molar-refractivity contribution in [2.24, 2.45) is 7.05 Å². The minimum absolute atomic E-state index is 0.173. The van der Waals surface area contributed by atoms with Gasteiger partial charge in [-0.2, -0.15) is 5.10 Å². The van der Waals surface area contributed by atoms with Crippen LogP contribution in [-0.2, 0) is 17.1 Å². The van der Waals surface area contributed by atoms with Crippen LogP contribution < -0.4 is 4.72 Å². The fraction of sp³-hybridized carbons (Fsp3) is 0.400. The largest absolute Gasteiger partial charge is 0.274 e. The van der Waals surface area contributed by atoms with Crippen LogP contribution in [0.4, 0.5) is 5.95 Å². The van der Waals surface area contributed by atoms with Crippen LogP contribution in [0.15, 0.2) is 35.5 Å². The molecule has 0 bridgehead atoms. The molecule has 0 atom stereocenters. The summed E-state index contributed by atoms with van der Waals surface area (Å²) in [4.78, 5) is 0.226. The molecule has 1 saturated carbocycles. The van der Waals surface area contributed by atoms with E-state index in [-0.39, 0.29) is 16.8 Å². The Bertz CT molecular complexity index is 984. The summed E-state index contributed by atoms with van der Waals surface area (Å²) in [5, 5.41) is 12.3. The lowest BCUT2D eigenvalue weighted by Crippen LogP contribution is -2.16. The highest BCUT2D eigenvalue weighted by molar-refractivity contribution is 7.92. The Morgan fingerprint density at radius 3 is 2.79 bits per heavy atom. The van der Waals surface area contributed by atoms with Gasteiger partial charge in [0.2, 0.25) is 5.95 Å². The first kappa shape index (κ1) is 15.1. The Hall–Kier alpha value is -2.42. The molecule has 1 fully saturated rings. The van der Waals surface area contributed by atoms with Crippen molar-refractivity contribution in [1.29, 1.82) is 0 Å². The molecule has 1 aliphatic rings. The van der Waals surface area contributed by atoms with E-state index in [1.165, 1.54) is 0 Å². The van der Waals surface area contributed by atoms with Gasteiger partial charge in [-0.15, -0.1) is 10.2 Å². The van der Waals surface area contributed by atoms with Gasteiger partial charge in [0, 0.05) is 25.4 Å². The number of rotatable bonds is 4. The summed E-state index contributed by atoms with van der Waals surface area (Å²) in [6.07, 6.45) is 7.46. The van der Waals surface area contributed by atoms with Crippen molar-refractivity contribution in [1.82, 2.24) is 24.4 Å². The van der Waals surface area contributed by atoms with Crippen LogP contribution >= 0.6 is 0 Å². The second kappa shape index (κ2) is 5.59. The highest BCUT2D eigenvalue weighted by atomic mass is 32.2. The van der Waals surface area contributed by atoms with E-state index in [0.29, 0.717) is 11.3 Å². The lowest BCUT2D eigenvalue weighted by Gasteiger charge is -2.10. The molecule has 0 aliphatic heterocycles. The highest BCUT2D eigenvalue weighted by Gasteiger charge is 2.30. The average molecular weight is 346 g/mol. The number of aromatic nitrogens is 5. The van der Waals surface area contributed by atoms with Crippen LogP contribution in [0.25, 0.3) is 5.65 Å². The van der Waals surface area contributed by atoms with E-state index in [2.05, 4.69) is 20.0 Å². The van der Waals surface area contributed by atoms with E-state index in [1.807, 2.05) is 6.07 Å². The van der Waals surface area contributed by atoms with Crippen molar-refractivity contribution in [2.75, 3.05) is 4.72 Å². The zero-order valence-electron chi connectivity index (χ0n) is 13.3. The summed E-state index contributed by atoms with van der Waals surface area (Å²) >= 11 is 0. The zero-order chi connectivity index (χ0) is 16.7. The van der Waals surface area contributed by atoms with E-state index < -0.39 is 10.0 Å². The number of pyridine rings is 1. The van der Waals surface area contributed by atoms with Crippen LogP contribution in [0.2, 0.25) is 0 Å². The van der Waals surface area contributed by atoms with E-state index in [9.17, 15) is 8.42 Å². The average Bonchev–Trinajstić information content (AvgIpc) is 3.27. The second-order valence-corrected chi connectivity index (χ2v) is 7.74. The molecule has 3 aromatic rings. The predicted octanol–water partition coefficient (Wildman–Crippen LogP) is 1.92. The summed E-state index contributed by atoms with van der Waals surface area (Å²) in [6, 6.07) is 5.38. The maximum Gasteiger partial charge on any atom is 0.267 e. The molecule has 1 N–H and O–H groups in total. The van der Waals surface area contributed by atoms with Crippen molar-refractivity contribution in [2.45, 2.75) is 36.5 Å². The van der Waals surface area contributed by atoms with Crippen molar-refractivity contribution in [3.8, 4) is 0 Å². The quantitative estimate of drug-likeness (QED) is 0.779. The molecule has 3 heterocycles. The normalized spacial score (nSPS) is 16.0. The first-order chi connectivity index (χ1) is 11.5. The fourth-order valence-corrected chi connectivity index (χ4v) is 4.52. The summed E-state index contributed by atoms with van der Waals surface area (Å²) in [7, 11) is -2.04. The van der Waals surface area contributed by atoms with Gasteiger partial charge >= 0.3 is 0 Å². The third kappa shape index (κ3) is 2.54. The third-order valence-corrected chi connectivity index (χ3v) is 5.74. The number of nitrogens with zero attached hydrogens (tertiary/aromatic N) is 5. The smallest absolute Gasteiger partial charge is 0.267 e. The molecule has 1 aliphatic carbocycles. The molecule has 0 radical (unpaired) electrons. The van der Waals surface area contributed by atoms with Crippen LogP contribution in [0.3, 0.4) is 0 Å². The van der Waals surface area contributed by atoms with Crippen LogP contribution in [0.5, 0.6) is 0 Å². The van der Waals surface area contributed by atoms with E-state index in [1.54, 1.807) is 40.7 Å². The topological polar surface area (TPSA) is 94.2 Å². The van der Waals surface area contributed by atoms with Gasteiger partial charge in [-0.25, -0.2) is 13.1 Å². The monoisotopic (exact) mass is 346 g/mol. The lowest BCUT2D eigenvalue weighted by molar-refractivity contribution is 0.595. The Balaban J connectivity index is 1.73. The first-order valence-corrected chi connectivity index (χ1v) is 9.39. The molecule has 0 unspecified atom stereocenters. The number of hydrogen-bond donors (Lipinski definition) is 1. The molecular formula is C15H18N6O2S. The Labute approximate surface area is 139 Å². The van der Waals surface area contributed by atoms with Gasteiger partial charge in [-0.05, 0) is 25.0 Å². The molecule has 3 aromatic heterocycles. The zero-order valence-corrected chi connectivity index (χ0v) is 14.1. The Morgan fingerprint density at radius 2 is 2.00 bits per heavy atom. The predicted molar refractivity (Wildman–Crippen MR) is 88.2 cm³/mol. The molecule has 0 spiro atoms. The molecule has 0 amide bonds. The van der Waals surface area contributed by atoms with Crippen molar-refractivity contribution in [3.05, 3.63) is 36.3 Å². The number of nitrogens with one attached hydrogen (secondary N) is 1. The fourth-order valence-electron chi connectivity index (χ4n) is 3.26. The maximum absolute atomic E-state index is 12.9. The van der Waals surface area contributed by atoms with Crippen LogP contribution in [-0.4, -0.2) is 32.8 Å². The van der Waals surface area contributed by atoms with Crippen molar-refractivity contribution in [3.63, 3.8) is 0 Å². The first-order valence-electron chi connectivity index (χ1n) is 7.91. The molecule has 24 heavy (non-hydrogen) atoms. The summed E-state index contributed by atoms with van der Waals surface area (Å²) in [6.45, 7) is 0. The minimum Gasteiger partial charge on any atom is -0.274 e. The molecule has 9 heteroatoms. The third-order valence-electron chi connectivity index (χ3n) is 4.39. The van der Waals surface area contributed by atoms with Gasteiger partial charge in [0.15, 0.2) is 5.65 Å². The molecule has 126 valence electrons. The molecule has 8 nitrogen and oxygen atoms in total. The number of aryl methyl sites for hydroxylation is 1. The number of fused-ring (bicyclic) bond motifs is 1. The van der Waals surface area contributed by atoms with Crippen molar-refractivity contribution < 1.29 is 8.42 Å². The molecule has 0 saturated heterocycles. The number of hydrogen-bond acceptors (Lipinski definition) is 5. The number of anilines is 1. The SMILES string of the molecule is Cn1cc(S(=O)(=O)Nc2nnc3ccccn23)c(C2CCCC2)n1. The van der Waals surface area contributed by atoms with Gasteiger partial charge in [0.05, 0.1) is 5.69 Å². The maximum atomic E-state index is 12.9. The van der Waals surface area contributed by atoms with E-state index >= 15 is 0 Å². The summed E-state index contributed by atoms with van der Waals surface area (Å²) < 4.78 is 31.5. The van der Waals surface area contributed by atoms with Gasteiger partial charge in [-0.1, -0.05) is 18.9 Å². The minimum atomic E-state index is -3.78. The summed E-state index contributed by atoms with van der Waals surface area (Å²) in [5.41, 5.74) is 1.23. The Kier molecular flexibility index (Phi) is 3.52. The number of sulfonamides is 1. The molecule has 0 aromatic carbocycles. The highest BCUT2D eigenvalue weighted by Crippen LogP contribution is 2.36. The molecular weight excluding hydrogens is 328 g/mol.